The van der Waals surface area contributed by atoms with E-state index < -0.39 is 6.10 Å². The number of aliphatic hydroxyl groups excluding tert-OH is 1. The lowest BCUT2D eigenvalue weighted by Crippen LogP contribution is -2.13. The van der Waals surface area contributed by atoms with Crippen LogP contribution in [0.1, 0.15) is 17.2 Å². The molecule has 1 aliphatic heterocycles. The first kappa shape index (κ1) is 10.7. The monoisotopic (exact) mass is 273 g/mol. The van der Waals surface area contributed by atoms with E-state index in [-0.39, 0.29) is 13.3 Å². The van der Waals surface area contributed by atoms with Gasteiger partial charge in [0.2, 0.25) is 6.79 Å². The van der Waals surface area contributed by atoms with E-state index in [1.165, 1.54) is 0 Å². The Kier molecular flexibility index (Phi) is 2.86. The molecule has 1 unspecified atom stereocenters. The average Bonchev–Trinajstić information content (AvgIpc) is 2.65. The molecule has 2 rings (SSSR count). The van der Waals surface area contributed by atoms with Crippen molar-refractivity contribution in [1.82, 2.24) is 0 Å². The van der Waals surface area contributed by atoms with E-state index in [0.29, 0.717) is 11.5 Å². The van der Waals surface area contributed by atoms with Crippen molar-refractivity contribution in [2.24, 2.45) is 5.73 Å². The summed E-state index contributed by atoms with van der Waals surface area (Å²) >= 11 is 3.40. The van der Waals surface area contributed by atoms with Crippen LogP contribution in [0.25, 0.3) is 0 Å². The van der Waals surface area contributed by atoms with Crippen LogP contribution >= 0.6 is 15.9 Å². The zero-order valence-corrected chi connectivity index (χ0v) is 9.87. The molecule has 0 saturated carbocycles. The Bertz CT molecular complexity index is 395. The van der Waals surface area contributed by atoms with Crippen LogP contribution in [0.2, 0.25) is 0 Å². The van der Waals surface area contributed by atoms with Gasteiger partial charge in [-0.05, 0) is 34.5 Å². The van der Waals surface area contributed by atoms with Gasteiger partial charge in [-0.1, -0.05) is 0 Å². The van der Waals surface area contributed by atoms with Crippen molar-refractivity contribution in [3.63, 3.8) is 0 Å². The first-order valence-electron chi connectivity index (χ1n) is 4.62. The number of rotatable bonds is 2. The van der Waals surface area contributed by atoms with Crippen molar-refractivity contribution in [3.8, 4) is 11.5 Å². The summed E-state index contributed by atoms with van der Waals surface area (Å²) in [7, 11) is 0. The molecule has 82 valence electrons. The molecule has 1 atom stereocenters. The van der Waals surface area contributed by atoms with E-state index in [1.807, 2.05) is 13.0 Å². The zero-order chi connectivity index (χ0) is 11.0. The Balaban J connectivity index is 2.56. The number of aliphatic hydroxyl groups is 1. The lowest BCUT2D eigenvalue weighted by Gasteiger charge is -2.15. The van der Waals surface area contributed by atoms with Gasteiger partial charge in [0.05, 0.1) is 10.6 Å². The molecule has 1 aromatic carbocycles. The fourth-order valence-electron chi connectivity index (χ4n) is 1.66. The quantitative estimate of drug-likeness (QED) is 0.857. The summed E-state index contributed by atoms with van der Waals surface area (Å²) in [6.45, 7) is 2.30. The maximum absolute atomic E-state index is 9.77. The second-order valence-electron chi connectivity index (χ2n) is 3.41. The Hall–Kier alpha value is -0.780. The van der Waals surface area contributed by atoms with Gasteiger partial charge in [-0.3, -0.25) is 0 Å². The van der Waals surface area contributed by atoms with Crippen molar-refractivity contribution >= 4 is 15.9 Å². The third-order valence-electron chi connectivity index (χ3n) is 2.41. The first-order chi connectivity index (χ1) is 7.15. The van der Waals surface area contributed by atoms with E-state index in [1.54, 1.807) is 0 Å². The standard InChI is InChI=1S/C10H12BrNO3/c1-5-2-7-10(15-4-14-7)9(11)8(5)6(13)3-12/h2,6,13H,3-4,12H2,1H3. The van der Waals surface area contributed by atoms with Gasteiger partial charge in [0.1, 0.15) is 0 Å². The smallest absolute Gasteiger partial charge is 0.231 e. The fourth-order valence-corrected chi connectivity index (χ4v) is 2.55. The zero-order valence-electron chi connectivity index (χ0n) is 8.29. The van der Waals surface area contributed by atoms with Gasteiger partial charge in [-0.2, -0.15) is 0 Å². The van der Waals surface area contributed by atoms with Gasteiger partial charge in [0.15, 0.2) is 11.5 Å². The SMILES string of the molecule is Cc1cc2c(c(Br)c1C(O)CN)OCO2. The van der Waals surface area contributed by atoms with Crippen LogP contribution in [0.3, 0.4) is 0 Å². The Morgan fingerprint density at radius 1 is 1.60 bits per heavy atom. The van der Waals surface area contributed by atoms with Crippen molar-refractivity contribution < 1.29 is 14.6 Å². The molecule has 0 fully saturated rings. The maximum atomic E-state index is 9.77. The van der Waals surface area contributed by atoms with Crippen LogP contribution < -0.4 is 15.2 Å². The van der Waals surface area contributed by atoms with Gasteiger partial charge in [-0.25, -0.2) is 0 Å². The van der Waals surface area contributed by atoms with Gasteiger partial charge in [0, 0.05) is 12.1 Å². The van der Waals surface area contributed by atoms with Crippen molar-refractivity contribution in [2.45, 2.75) is 13.0 Å². The summed E-state index contributed by atoms with van der Waals surface area (Å²) in [6, 6.07) is 1.85. The summed E-state index contributed by atoms with van der Waals surface area (Å²) in [6.07, 6.45) is -0.686. The number of ether oxygens (including phenoxy) is 2. The highest BCUT2D eigenvalue weighted by atomic mass is 79.9. The van der Waals surface area contributed by atoms with Crippen LogP contribution in [0.5, 0.6) is 11.5 Å². The van der Waals surface area contributed by atoms with Gasteiger partial charge in [-0.15, -0.1) is 0 Å². The predicted molar refractivity (Wildman–Crippen MR) is 59.0 cm³/mol. The number of aryl methyl sites for hydroxylation is 1. The summed E-state index contributed by atoms with van der Waals surface area (Å²) in [5.41, 5.74) is 7.14. The minimum absolute atomic E-state index is 0.180. The number of halogens is 1. The second kappa shape index (κ2) is 4.00. The Morgan fingerprint density at radius 3 is 3.00 bits per heavy atom. The van der Waals surface area contributed by atoms with Gasteiger partial charge < -0.3 is 20.3 Å². The average molecular weight is 274 g/mol. The molecular weight excluding hydrogens is 262 g/mol. The summed E-state index contributed by atoms with van der Waals surface area (Å²) in [5, 5.41) is 9.77. The predicted octanol–water partition coefficient (Wildman–Crippen LogP) is 1.48. The Morgan fingerprint density at radius 2 is 2.33 bits per heavy atom. The fraction of sp³-hybridized carbons (Fsp3) is 0.400. The minimum atomic E-state index is -0.686. The molecule has 1 heterocycles. The third-order valence-corrected chi connectivity index (χ3v) is 3.19. The summed E-state index contributed by atoms with van der Waals surface area (Å²) < 4.78 is 11.3. The number of nitrogens with two attached hydrogens (primary N) is 1. The highest BCUT2D eigenvalue weighted by Gasteiger charge is 2.24. The van der Waals surface area contributed by atoms with Gasteiger partial charge >= 0.3 is 0 Å². The topological polar surface area (TPSA) is 64.7 Å². The minimum Gasteiger partial charge on any atom is -0.454 e. The van der Waals surface area contributed by atoms with Crippen LogP contribution in [-0.4, -0.2) is 18.4 Å². The molecule has 5 heteroatoms. The molecule has 0 radical (unpaired) electrons. The molecule has 4 nitrogen and oxygen atoms in total. The van der Waals surface area contributed by atoms with Crippen molar-refractivity contribution in [1.29, 1.82) is 0 Å². The third kappa shape index (κ3) is 1.71. The number of hydrogen-bond donors (Lipinski definition) is 2. The lowest BCUT2D eigenvalue weighted by molar-refractivity contribution is 0.172. The molecule has 1 aliphatic rings. The van der Waals surface area contributed by atoms with Crippen molar-refractivity contribution in [2.75, 3.05) is 13.3 Å². The molecule has 3 N–H and O–H groups in total. The van der Waals surface area contributed by atoms with Crippen LogP contribution in [0.4, 0.5) is 0 Å². The molecule has 0 aliphatic carbocycles. The van der Waals surface area contributed by atoms with Gasteiger partial charge in [0.25, 0.3) is 0 Å². The first-order valence-corrected chi connectivity index (χ1v) is 5.41. The number of fused-ring (bicyclic) bond motifs is 1. The van der Waals surface area contributed by atoms with Crippen LogP contribution in [0, 0.1) is 6.92 Å². The van der Waals surface area contributed by atoms with E-state index in [4.69, 9.17) is 15.2 Å². The van der Waals surface area contributed by atoms with E-state index in [9.17, 15) is 5.11 Å². The molecule has 0 saturated heterocycles. The molecular formula is C10H12BrNO3. The van der Waals surface area contributed by atoms with Crippen LogP contribution in [0.15, 0.2) is 10.5 Å². The van der Waals surface area contributed by atoms with E-state index in [0.717, 1.165) is 15.6 Å². The van der Waals surface area contributed by atoms with E-state index in [2.05, 4.69) is 15.9 Å². The van der Waals surface area contributed by atoms with Crippen molar-refractivity contribution in [3.05, 3.63) is 21.7 Å². The lowest BCUT2D eigenvalue weighted by atomic mass is 10.0. The van der Waals surface area contributed by atoms with E-state index >= 15 is 0 Å². The Labute approximate surface area is 96.1 Å². The maximum Gasteiger partial charge on any atom is 0.231 e. The summed E-state index contributed by atoms with van der Waals surface area (Å²) in [5.74, 6) is 1.34. The summed E-state index contributed by atoms with van der Waals surface area (Å²) in [4.78, 5) is 0. The highest BCUT2D eigenvalue weighted by Crippen LogP contribution is 2.44. The molecule has 0 spiro atoms. The normalized spacial score (nSPS) is 15.5. The largest absolute Gasteiger partial charge is 0.454 e. The molecule has 15 heavy (non-hydrogen) atoms. The van der Waals surface area contributed by atoms with Crippen LogP contribution in [-0.2, 0) is 0 Å². The molecule has 0 bridgehead atoms. The number of benzene rings is 1. The molecule has 1 aromatic rings. The molecule has 0 amide bonds. The highest BCUT2D eigenvalue weighted by molar-refractivity contribution is 9.10. The molecule has 0 aromatic heterocycles. The number of hydrogen-bond acceptors (Lipinski definition) is 4. The second-order valence-corrected chi connectivity index (χ2v) is 4.20.